The van der Waals surface area contributed by atoms with Crippen LogP contribution in [0.25, 0.3) is 11.1 Å². The number of ether oxygens (including phenoxy) is 2. The van der Waals surface area contributed by atoms with Gasteiger partial charge in [0, 0.05) is 41.5 Å². The van der Waals surface area contributed by atoms with E-state index in [1.807, 2.05) is 0 Å². The Morgan fingerprint density at radius 3 is 2.93 bits per heavy atom. The lowest BCUT2D eigenvalue weighted by molar-refractivity contribution is 0.0778. The van der Waals surface area contributed by atoms with Gasteiger partial charge in [0.15, 0.2) is 11.6 Å². The molecule has 0 saturated carbocycles. The zero-order valence-corrected chi connectivity index (χ0v) is 16.9. The molecule has 2 aromatic heterocycles. The number of amides is 1. The molecule has 1 aromatic carbocycles. The molecule has 0 spiro atoms. The molecule has 0 saturated heterocycles. The van der Waals surface area contributed by atoms with E-state index in [0.29, 0.717) is 33.2 Å². The number of nitrogens with two attached hydrogens (primary N) is 1. The van der Waals surface area contributed by atoms with Crippen LogP contribution in [0, 0.1) is 5.82 Å². The Morgan fingerprint density at radius 2 is 2.17 bits per heavy atom. The van der Waals surface area contributed by atoms with Crippen LogP contribution in [0.15, 0.2) is 30.5 Å². The fraction of sp³-hybridized carbons (Fsp3) is 0.250. The quantitative estimate of drug-likeness (QED) is 0.654. The summed E-state index contributed by atoms with van der Waals surface area (Å²) in [5, 5.41) is 0.603. The maximum atomic E-state index is 13.9. The average Bonchev–Trinajstić information content (AvgIpc) is 3.10. The Hall–Kier alpha value is -3.20. The van der Waals surface area contributed by atoms with E-state index in [2.05, 4.69) is 9.36 Å². The van der Waals surface area contributed by atoms with Crippen LogP contribution in [0.5, 0.6) is 10.8 Å². The van der Waals surface area contributed by atoms with Gasteiger partial charge in [-0.25, -0.2) is 9.37 Å². The Kier molecular flexibility index (Phi) is 4.83. The zero-order chi connectivity index (χ0) is 20.7. The highest BCUT2D eigenvalue weighted by Crippen LogP contribution is 2.40. The van der Waals surface area contributed by atoms with Gasteiger partial charge >= 0.3 is 0 Å². The van der Waals surface area contributed by atoms with Crippen molar-refractivity contribution in [3.8, 4) is 21.9 Å². The molecule has 1 aliphatic rings. The number of carbonyl (C=O) groups is 1. The lowest BCUT2D eigenvalue weighted by Gasteiger charge is -2.23. The number of rotatable bonds is 1. The van der Waals surface area contributed by atoms with Crippen molar-refractivity contribution < 1.29 is 18.7 Å². The Balaban J connectivity index is 1.94. The van der Waals surface area contributed by atoms with Crippen LogP contribution in [0.3, 0.4) is 0 Å². The number of carbonyl (C=O) groups excluding carboxylic acids is 1. The summed E-state index contributed by atoms with van der Waals surface area (Å²) in [4.78, 5) is 18.9. The fourth-order valence-electron chi connectivity index (χ4n) is 3.34. The molecule has 3 heterocycles. The number of anilines is 1. The molecule has 0 unspecified atom stereocenters. The molecular formula is C20H19FN4O3S. The molecule has 9 heteroatoms. The standard InChI is InChI=1S/C20H19FN4O3S/c1-10-14-7-12(21)4-5-13(14)19(26)25(2)9-15-17(20(27-3)29-24-15)11-6-16(28-10)18(22)23-8-11/h4-8,10H,9H2,1-3H3,(H2,22,23)/t10-/m1/s1. The van der Waals surface area contributed by atoms with E-state index in [9.17, 15) is 9.18 Å². The van der Waals surface area contributed by atoms with Crippen LogP contribution in [-0.4, -0.2) is 34.3 Å². The van der Waals surface area contributed by atoms with Crippen molar-refractivity contribution in [2.75, 3.05) is 19.9 Å². The van der Waals surface area contributed by atoms with Crippen molar-refractivity contribution in [2.24, 2.45) is 0 Å². The van der Waals surface area contributed by atoms with E-state index in [4.69, 9.17) is 15.2 Å². The summed E-state index contributed by atoms with van der Waals surface area (Å²) in [6, 6.07) is 5.80. The topological polar surface area (TPSA) is 90.6 Å². The molecule has 2 bridgehead atoms. The van der Waals surface area contributed by atoms with Crippen molar-refractivity contribution in [3.63, 3.8) is 0 Å². The predicted octanol–water partition coefficient (Wildman–Crippen LogP) is 3.66. The number of nitrogen functional groups attached to an aromatic ring is 1. The summed E-state index contributed by atoms with van der Waals surface area (Å²) < 4.78 is 29.9. The average molecular weight is 414 g/mol. The first-order valence-electron chi connectivity index (χ1n) is 8.89. The molecule has 7 nitrogen and oxygen atoms in total. The Bertz CT molecular complexity index is 1100. The van der Waals surface area contributed by atoms with Crippen LogP contribution >= 0.6 is 11.5 Å². The van der Waals surface area contributed by atoms with Gasteiger partial charge in [-0.2, -0.15) is 4.37 Å². The molecule has 1 amide bonds. The molecule has 3 aromatic rings. The Labute approximate surface area is 171 Å². The summed E-state index contributed by atoms with van der Waals surface area (Å²) in [5.74, 6) is -0.176. The van der Waals surface area contributed by atoms with E-state index in [-0.39, 0.29) is 18.3 Å². The van der Waals surface area contributed by atoms with Gasteiger partial charge in [0.1, 0.15) is 11.9 Å². The predicted molar refractivity (Wildman–Crippen MR) is 108 cm³/mol. The molecule has 1 atom stereocenters. The first kappa shape index (κ1) is 19.1. The number of methoxy groups -OCH3 is 1. The molecule has 2 N–H and O–H groups in total. The van der Waals surface area contributed by atoms with Crippen molar-refractivity contribution in [2.45, 2.75) is 19.6 Å². The molecule has 0 radical (unpaired) electrons. The van der Waals surface area contributed by atoms with E-state index in [1.165, 1.54) is 34.6 Å². The summed E-state index contributed by atoms with van der Waals surface area (Å²) in [7, 11) is 3.24. The molecular weight excluding hydrogens is 395 g/mol. The number of hydrogen-bond donors (Lipinski definition) is 1. The van der Waals surface area contributed by atoms with Crippen LogP contribution in [-0.2, 0) is 6.54 Å². The lowest BCUT2D eigenvalue weighted by Crippen LogP contribution is -2.28. The summed E-state index contributed by atoms with van der Waals surface area (Å²) >= 11 is 1.19. The largest absolute Gasteiger partial charge is 0.486 e. The Morgan fingerprint density at radius 1 is 1.38 bits per heavy atom. The molecule has 29 heavy (non-hydrogen) atoms. The second kappa shape index (κ2) is 7.32. The number of pyridine rings is 1. The van der Waals surface area contributed by atoms with Gasteiger partial charge in [-0.3, -0.25) is 4.79 Å². The van der Waals surface area contributed by atoms with Gasteiger partial charge in [-0.15, -0.1) is 0 Å². The first-order chi connectivity index (χ1) is 13.9. The number of aromatic nitrogens is 2. The van der Waals surface area contributed by atoms with E-state index in [0.717, 1.165) is 5.56 Å². The number of benzene rings is 1. The third kappa shape index (κ3) is 3.38. The minimum absolute atomic E-state index is 0.197. The maximum absolute atomic E-state index is 13.9. The molecule has 150 valence electrons. The summed E-state index contributed by atoms with van der Waals surface area (Å²) in [5.41, 5.74) is 8.91. The molecule has 0 fully saturated rings. The van der Waals surface area contributed by atoms with Crippen LogP contribution in [0.4, 0.5) is 10.2 Å². The molecule has 1 aliphatic heterocycles. The van der Waals surface area contributed by atoms with Crippen molar-refractivity contribution in [1.82, 2.24) is 14.3 Å². The van der Waals surface area contributed by atoms with Gasteiger partial charge in [0.25, 0.3) is 5.91 Å². The SMILES string of the molecule is COc1snc2c1-c1cnc(N)c(c1)O[C@H](C)c1cc(F)ccc1C(=O)N(C)C2. The highest BCUT2D eigenvalue weighted by atomic mass is 32.1. The fourth-order valence-corrected chi connectivity index (χ4v) is 4.09. The van der Waals surface area contributed by atoms with Crippen molar-refractivity contribution in [1.29, 1.82) is 0 Å². The second-order valence-electron chi connectivity index (χ2n) is 6.76. The van der Waals surface area contributed by atoms with Gasteiger partial charge in [-0.05, 0) is 31.2 Å². The minimum Gasteiger partial charge on any atom is -0.486 e. The second-order valence-corrected chi connectivity index (χ2v) is 7.49. The summed E-state index contributed by atoms with van der Waals surface area (Å²) in [6.45, 7) is 1.99. The van der Waals surface area contributed by atoms with E-state index < -0.39 is 11.9 Å². The van der Waals surface area contributed by atoms with Crippen LogP contribution in [0.1, 0.15) is 34.6 Å². The maximum Gasteiger partial charge on any atom is 0.254 e. The molecule has 4 rings (SSSR count). The number of halogens is 1. The van der Waals surface area contributed by atoms with E-state index in [1.54, 1.807) is 33.3 Å². The monoisotopic (exact) mass is 414 g/mol. The van der Waals surface area contributed by atoms with Crippen molar-refractivity contribution in [3.05, 3.63) is 53.1 Å². The smallest absolute Gasteiger partial charge is 0.254 e. The van der Waals surface area contributed by atoms with Crippen molar-refractivity contribution >= 4 is 23.3 Å². The normalized spacial score (nSPS) is 16.2. The minimum atomic E-state index is -0.626. The highest BCUT2D eigenvalue weighted by molar-refractivity contribution is 7.08. The first-order valence-corrected chi connectivity index (χ1v) is 9.66. The lowest BCUT2D eigenvalue weighted by atomic mass is 10.0. The summed E-state index contributed by atoms with van der Waals surface area (Å²) in [6.07, 6.45) is 0.989. The van der Waals surface area contributed by atoms with Gasteiger partial charge in [0.05, 0.1) is 24.9 Å². The third-order valence-corrected chi connectivity index (χ3v) is 5.65. The number of nitrogens with zero attached hydrogens (tertiary/aromatic N) is 3. The van der Waals surface area contributed by atoms with Crippen LogP contribution < -0.4 is 15.2 Å². The van der Waals surface area contributed by atoms with Gasteiger partial charge in [0.2, 0.25) is 5.06 Å². The number of hydrogen-bond acceptors (Lipinski definition) is 7. The van der Waals surface area contributed by atoms with Gasteiger partial charge < -0.3 is 20.1 Å². The van der Waals surface area contributed by atoms with Gasteiger partial charge in [-0.1, -0.05) is 0 Å². The van der Waals surface area contributed by atoms with E-state index >= 15 is 0 Å². The van der Waals surface area contributed by atoms with Crippen LogP contribution in [0.2, 0.25) is 0 Å². The zero-order valence-electron chi connectivity index (χ0n) is 16.1. The number of fused-ring (bicyclic) bond motifs is 5. The highest BCUT2D eigenvalue weighted by Gasteiger charge is 2.26. The molecule has 0 aliphatic carbocycles. The third-order valence-electron chi connectivity index (χ3n) is 4.81.